The highest BCUT2D eigenvalue weighted by Crippen LogP contribution is 2.27. The lowest BCUT2D eigenvalue weighted by atomic mass is 10.1. The van der Waals surface area contributed by atoms with Gasteiger partial charge in [-0.3, -0.25) is 5.32 Å². The van der Waals surface area contributed by atoms with Gasteiger partial charge in [-0.05, 0) is 36.8 Å². The SMILES string of the molecule is CN(C(=O)Nc1nnc(-c2cccc(F)c2)s1)C1CCN(Cl)CC1. The molecule has 3 rings (SSSR count). The Morgan fingerprint density at radius 1 is 1.42 bits per heavy atom. The number of nitrogens with zero attached hydrogens (tertiary/aromatic N) is 4. The molecule has 0 aliphatic carbocycles. The number of carbonyl (C=O) groups is 1. The summed E-state index contributed by atoms with van der Waals surface area (Å²) in [7, 11) is 1.76. The fourth-order valence-electron chi connectivity index (χ4n) is 2.58. The zero-order chi connectivity index (χ0) is 17.1. The Bertz CT molecular complexity index is 719. The third-order valence-corrected chi connectivity index (χ3v) is 5.21. The molecule has 128 valence electrons. The van der Waals surface area contributed by atoms with Crippen LogP contribution < -0.4 is 5.32 Å². The van der Waals surface area contributed by atoms with Crippen LogP contribution in [0.25, 0.3) is 10.6 Å². The minimum Gasteiger partial charge on any atom is -0.324 e. The van der Waals surface area contributed by atoms with E-state index in [-0.39, 0.29) is 17.9 Å². The molecule has 1 fully saturated rings. The number of rotatable bonds is 3. The monoisotopic (exact) mass is 369 g/mol. The zero-order valence-electron chi connectivity index (χ0n) is 13.1. The second kappa shape index (κ2) is 7.42. The van der Waals surface area contributed by atoms with E-state index in [4.69, 9.17) is 11.8 Å². The van der Waals surface area contributed by atoms with Gasteiger partial charge >= 0.3 is 6.03 Å². The van der Waals surface area contributed by atoms with Crippen LogP contribution in [0.15, 0.2) is 24.3 Å². The van der Waals surface area contributed by atoms with E-state index in [2.05, 4.69) is 15.5 Å². The van der Waals surface area contributed by atoms with Gasteiger partial charge in [-0.15, -0.1) is 10.2 Å². The summed E-state index contributed by atoms with van der Waals surface area (Å²) in [6, 6.07) is 6.04. The Hall–Kier alpha value is -1.77. The molecule has 0 atom stereocenters. The van der Waals surface area contributed by atoms with E-state index in [0.717, 1.165) is 25.9 Å². The van der Waals surface area contributed by atoms with Crippen LogP contribution >= 0.6 is 23.1 Å². The second-order valence-corrected chi connectivity index (χ2v) is 7.06. The summed E-state index contributed by atoms with van der Waals surface area (Å²) in [5, 5.41) is 11.7. The first kappa shape index (κ1) is 17.1. The van der Waals surface area contributed by atoms with Crippen molar-refractivity contribution >= 4 is 34.3 Å². The first-order chi connectivity index (χ1) is 11.5. The number of benzene rings is 1. The molecule has 0 unspecified atom stereocenters. The highest BCUT2D eigenvalue weighted by molar-refractivity contribution is 7.18. The first-order valence-electron chi connectivity index (χ1n) is 7.57. The minimum absolute atomic E-state index is 0.149. The Morgan fingerprint density at radius 2 is 2.17 bits per heavy atom. The van der Waals surface area contributed by atoms with Crippen molar-refractivity contribution in [2.45, 2.75) is 18.9 Å². The number of aromatic nitrogens is 2. The van der Waals surface area contributed by atoms with Gasteiger partial charge in [0, 0.05) is 31.7 Å². The van der Waals surface area contributed by atoms with Gasteiger partial charge in [-0.25, -0.2) is 13.6 Å². The zero-order valence-corrected chi connectivity index (χ0v) is 14.6. The number of piperidine rings is 1. The van der Waals surface area contributed by atoms with Crippen molar-refractivity contribution < 1.29 is 9.18 Å². The summed E-state index contributed by atoms with van der Waals surface area (Å²) < 4.78 is 15.0. The topological polar surface area (TPSA) is 61.4 Å². The number of halogens is 2. The number of anilines is 1. The first-order valence-corrected chi connectivity index (χ1v) is 8.72. The molecule has 6 nitrogen and oxygen atoms in total. The van der Waals surface area contributed by atoms with Crippen molar-refractivity contribution in [1.82, 2.24) is 19.5 Å². The third kappa shape index (κ3) is 4.00. The molecule has 1 aromatic carbocycles. The van der Waals surface area contributed by atoms with Gasteiger partial charge in [0.25, 0.3) is 0 Å². The molecule has 0 spiro atoms. The van der Waals surface area contributed by atoms with Gasteiger partial charge in [0.15, 0.2) is 0 Å². The lowest BCUT2D eigenvalue weighted by Crippen LogP contribution is -2.45. The van der Waals surface area contributed by atoms with Crippen molar-refractivity contribution in [2.75, 3.05) is 25.5 Å². The number of carbonyl (C=O) groups excluding carboxylic acids is 1. The molecule has 24 heavy (non-hydrogen) atoms. The number of hydrogen-bond donors (Lipinski definition) is 1. The summed E-state index contributed by atoms with van der Waals surface area (Å²) in [6.07, 6.45) is 1.66. The lowest BCUT2D eigenvalue weighted by molar-refractivity contribution is 0.175. The molecule has 9 heteroatoms. The van der Waals surface area contributed by atoms with Crippen molar-refractivity contribution in [1.29, 1.82) is 0 Å². The second-order valence-electron chi connectivity index (χ2n) is 5.60. The third-order valence-electron chi connectivity index (χ3n) is 3.99. The average Bonchev–Trinajstić information content (AvgIpc) is 3.03. The minimum atomic E-state index is -0.335. The van der Waals surface area contributed by atoms with Gasteiger partial charge in [-0.2, -0.15) is 0 Å². The Balaban J connectivity index is 1.63. The average molecular weight is 370 g/mol. The van der Waals surface area contributed by atoms with Crippen LogP contribution in [0.3, 0.4) is 0 Å². The molecule has 0 bridgehead atoms. The normalized spacial score (nSPS) is 16.1. The summed E-state index contributed by atoms with van der Waals surface area (Å²) in [4.78, 5) is 14.0. The van der Waals surface area contributed by atoms with Gasteiger partial charge in [0.1, 0.15) is 10.8 Å². The predicted molar refractivity (Wildman–Crippen MR) is 92.5 cm³/mol. The Labute approximate surface area is 148 Å². The Kier molecular flexibility index (Phi) is 5.27. The highest BCUT2D eigenvalue weighted by atomic mass is 35.5. The van der Waals surface area contributed by atoms with E-state index in [1.165, 1.54) is 23.5 Å². The van der Waals surface area contributed by atoms with Crippen LogP contribution in [0.5, 0.6) is 0 Å². The van der Waals surface area contributed by atoms with E-state index in [0.29, 0.717) is 15.7 Å². The number of hydrogen-bond acceptors (Lipinski definition) is 5. The van der Waals surface area contributed by atoms with Crippen LogP contribution in [0.1, 0.15) is 12.8 Å². The standard InChI is InChI=1S/C15H17ClFN5OS/c1-21(12-5-7-22(16)8-6-12)15(23)18-14-20-19-13(24-14)10-3-2-4-11(17)9-10/h2-4,9,12H,5-8H2,1H3,(H,18,20,23). The summed E-state index contributed by atoms with van der Waals surface area (Å²) >= 11 is 7.15. The van der Waals surface area contributed by atoms with Gasteiger partial charge in [-0.1, -0.05) is 23.5 Å². The molecule has 1 aliphatic rings. The molecule has 1 saturated heterocycles. The number of urea groups is 1. The van der Waals surface area contributed by atoms with Crippen LogP contribution in [0.4, 0.5) is 14.3 Å². The van der Waals surface area contributed by atoms with Crippen LogP contribution in [0, 0.1) is 5.82 Å². The lowest BCUT2D eigenvalue weighted by Gasteiger charge is -2.33. The van der Waals surface area contributed by atoms with E-state index in [1.807, 2.05) is 0 Å². The van der Waals surface area contributed by atoms with Crippen LogP contribution in [-0.2, 0) is 0 Å². The highest BCUT2D eigenvalue weighted by Gasteiger charge is 2.25. The molecule has 2 heterocycles. The van der Waals surface area contributed by atoms with Gasteiger partial charge < -0.3 is 4.90 Å². The Morgan fingerprint density at radius 3 is 2.88 bits per heavy atom. The number of nitrogens with one attached hydrogen (secondary N) is 1. The van der Waals surface area contributed by atoms with Crippen molar-refractivity contribution in [2.24, 2.45) is 0 Å². The van der Waals surface area contributed by atoms with Crippen LogP contribution in [0.2, 0.25) is 0 Å². The summed E-state index contributed by atoms with van der Waals surface area (Å²) in [6.45, 7) is 1.51. The molecule has 2 amide bonds. The van der Waals surface area contributed by atoms with E-state index in [9.17, 15) is 9.18 Å². The smallest absolute Gasteiger partial charge is 0.323 e. The summed E-state index contributed by atoms with van der Waals surface area (Å²) in [5.41, 5.74) is 0.635. The maximum Gasteiger partial charge on any atom is 0.323 e. The maximum absolute atomic E-state index is 13.3. The van der Waals surface area contributed by atoms with Crippen molar-refractivity contribution in [3.05, 3.63) is 30.1 Å². The molecule has 2 aromatic rings. The molecular weight excluding hydrogens is 353 g/mol. The molecule has 1 aromatic heterocycles. The predicted octanol–water partition coefficient (Wildman–Crippen LogP) is 3.43. The number of amides is 2. The van der Waals surface area contributed by atoms with Crippen molar-refractivity contribution in [3.63, 3.8) is 0 Å². The van der Waals surface area contributed by atoms with Gasteiger partial charge in [0.2, 0.25) is 5.13 Å². The maximum atomic E-state index is 13.3. The fraction of sp³-hybridized carbons (Fsp3) is 0.400. The van der Waals surface area contributed by atoms with E-state index >= 15 is 0 Å². The van der Waals surface area contributed by atoms with E-state index in [1.54, 1.807) is 28.5 Å². The molecule has 1 N–H and O–H groups in total. The molecular formula is C15H17ClFN5OS. The van der Waals surface area contributed by atoms with E-state index < -0.39 is 0 Å². The molecule has 0 radical (unpaired) electrons. The quantitative estimate of drug-likeness (QED) is 0.842. The molecule has 1 aliphatic heterocycles. The van der Waals surface area contributed by atoms with Crippen LogP contribution in [-0.4, -0.2) is 51.7 Å². The van der Waals surface area contributed by atoms with Gasteiger partial charge in [0.05, 0.1) is 0 Å². The fourth-order valence-corrected chi connectivity index (χ4v) is 3.50. The van der Waals surface area contributed by atoms with Crippen molar-refractivity contribution in [3.8, 4) is 10.6 Å². The molecule has 0 saturated carbocycles. The largest absolute Gasteiger partial charge is 0.324 e. The summed E-state index contributed by atoms with van der Waals surface area (Å²) in [5.74, 6) is -0.335.